The number of rotatable bonds is 3. The number of nitrogens with zero attached hydrogens (tertiary/aromatic N) is 2. The Morgan fingerprint density at radius 1 is 1.00 bits per heavy atom. The number of carbonyl (C=O) groups is 1. The van der Waals surface area contributed by atoms with Crippen LogP contribution in [0.25, 0.3) is 0 Å². The maximum atomic E-state index is 12.7. The fraction of sp³-hybridized carbons (Fsp3) is 0.381. The number of amides is 2. The molecule has 1 N–H and O–H groups in total. The van der Waals surface area contributed by atoms with Crippen LogP contribution in [0, 0.1) is 20.8 Å². The average molecular weight is 353 g/mol. The molecule has 1 heterocycles. The zero-order valence-corrected chi connectivity index (χ0v) is 16.0. The Morgan fingerprint density at radius 2 is 1.65 bits per heavy atom. The van der Waals surface area contributed by atoms with Crippen molar-refractivity contribution in [1.29, 1.82) is 0 Å². The van der Waals surface area contributed by atoms with Crippen LogP contribution in [-0.2, 0) is 0 Å². The molecule has 2 amide bonds. The Kier molecular flexibility index (Phi) is 5.35. The largest absolute Gasteiger partial charge is 0.495 e. The first-order valence-corrected chi connectivity index (χ1v) is 9.01. The third kappa shape index (κ3) is 3.77. The van der Waals surface area contributed by atoms with Crippen molar-refractivity contribution in [3.63, 3.8) is 0 Å². The lowest BCUT2D eigenvalue weighted by Crippen LogP contribution is -2.50. The first kappa shape index (κ1) is 18.1. The quantitative estimate of drug-likeness (QED) is 0.908. The van der Waals surface area contributed by atoms with Crippen LogP contribution in [0.5, 0.6) is 5.75 Å². The van der Waals surface area contributed by atoms with Gasteiger partial charge in [0.25, 0.3) is 0 Å². The van der Waals surface area contributed by atoms with E-state index in [1.165, 1.54) is 16.8 Å². The molecule has 1 aliphatic heterocycles. The van der Waals surface area contributed by atoms with Gasteiger partial charge in [0.15, 0.2) is 0 Å². The molecule has 26 heavy (non-hydrogen) atoms. The molecule has 0 bridgehead atoms. The number of hydrogen-bond donors (Lipinski definition) is 1. The van der Waals surface area contributed by atoms with Crippen molar-refractivity contribution in [2.24, 2.45) is 0 Å². The number of benzene rings is 2. The van der Waals surface area contributed by atoms with E-state index in [1.807, 2.05) is 30.0 Å². The summed E-state index contributed by atoms with van der Waals surface area (Å²) in [6.07, 6.45) is 0. The molecule has 2 aromatic carbocycles. The maximum absolute atomic E-state index is 12.7. The number of anilines is 2. The van der Waals surface area contributed by atoms with Crippen molar-refractivity contribution in [3.8, 4) is 5.75 Å². The number of urea groups is 1. The van der Waals surface area contributed by atoms with Crippen molar-refractivity contribution in [2.75, 3.05) is 43.5 Å². The predicted molar refractivity (Wildman–Crippen MR) is 106 cm³/mol. The minimum atomic E-state index is -0.0740. The molecular weight excluding hydrogens is 326 g/mol. The molecular formula is C21H27N3O2. The molecule has 0 radical (unpaired) electrons. The van der Waals surface area contributed by atoms with Crippen LogP contribution in [0.1, 0.15) is 16.7 Å². The summed E-state index contributed by atoms with van der Waals surface area (Å²) >= 11 is 0. The second-order valence-electron chi connectivity index (χ2n) is 6.85. The molecule has 5 heteroatoms. The molecule has 0 spiro atoms. The molecule has 2 aromatic rings. The second-order valence-corrected chi connectivity index (χ2v) is 6.85. The van der Waals surface area contributed by atoms with Gasteiger partial charge in [0.2, 0.25) is 0 Å². The van der Waals surface area contributed by atoms with Crippen molar-refractivity contribution in [2.45, 2.75) is 20.8 Å². The number of methoxy groups -OCH3 is 1. The highest BCUT2D eigenvalue weighted by Gasteiger charge is 2.23. The van der Waals surface area contributed by atoms with Gasteiger partial charge in [-0.2, -0.15) is 0 Å². The van der Waals surface area contributed by atoms with Crippen molar-refractivity contribution in [1.82, 2.24) is 4.90 Å². The standard InChI is InChI=1S/C21H27N3O2/c1-15-8-9-19(26-4)18(14-15)22-21(25)24-12-10-23(11-13-24)20-16(2)6-5-7-17(20)3/h5-9,14H,10-13H2,1-4H3,(H,22,25). The van der Waals surface area contributed by atoms with Gasteiger partial charge in [-0.3, -0.25) is 0 Å². The summed E-state index contributed by atoms with van der Waals surface area (Å²) in [6, 6.07) is 12.1. The van der Waals surface area contributed by atoms with Gasteiger partial charge in [0.05, 0.1) is 12.8 Å². The van der Waals surface area contributed by atoms with Crippen LogP contribution in [0.2, 0.25) is 0 Å². The highest BCUT2D eigenvalue weighted by atomic mass is 16.5. The molecule has 0 aromatic heterocycles. The lowest BCUT2D eigenvalue weighted by Gasteiger charge is -2.37. The molecule has 1 fully saturated rings. The van der Waals surface area contributed by atoms with Crippen LogP contribution in [0.4, 0.5) is 16.2 Å². The summed E-state index contributed by atoms with van der Waals surface area (Å²) in [5, 5.41) is 2.99. The first-order chi connectivity index (χ1) is 12.5. The molecule has 1 saturated heterocycles. The molecule has 3 rings (SSSR count). The average Bonchev–Trinajstić information content (AvgIpc) is 2.62. The maximum Gasteiger partial charge on any atom is 0.322 e. The number of carbonyl (C=O) groups excluding carboxylic acids is 1. The highest BCUT2D eigenvalue weighted by molar-refractivity contribution is 5.91. The third-order valence-corrected chi connectivity index (χ3v) is 4.92. The third-order valence-electron chi connectivity index (χ3n) is 4.92. The molecule has 0 aliphatic carbocycles. The van der Waals surface area contributed by atoms with Gasteiger partial charge in [-0.05, 0) is 49.6 Å². The van der Waals surface area contributed by atoms with Crippen LogP contribution < -0.4 is 15.0 Å². The van der Waals surface area contributed by atoms with Gasteiger partial charge >= 0.3 is 6.03 Å². The van der Waals surface area contributed by atoms with E-state index in [0.717, 1.165) is 24.3 Å². The zero-order chi connectivity index (χ0) is 18.7. The fourth-order valence-corrected chi connectivity index (χ4v) is 3.55. The van der Waals surface area contributed by atoms with Crippen molar-refractivity contribution < 1.29 is 9.53 Å². The van der Waals surface area contributed by atoms with Gasteiger partial charge in [-0.25, -0.2) is 4.79 Å². The number of hydrogen-bond acceptors (Lipinski definition) is 3. The van der Waals surface area contributed by atoms with Crippen LogP contribution in [0.3, 0.4) is 0 Å². The summed E-state index contributed by atoms with van der Waals surface area (Å²) in [4.78, 5) is 16.9. The van der Waals surface area contributed by atoms with Crippen LogP contribution >= 0.6 is 0 Å². The minimum absolute atomic E-state index is 0.0740. The molecule has 0 unspecified atom stereocenters. The van der Waals surface area contributed by atoms with E-state index in [4.69, 9.17) is 4.74 Å². The summed E-state index contributed by atoms with van der Waals surface area (Å²) < 4.78 is 5.35. The van der Waals surface area contributed by atoms with Crippen LogP contribution in [-0.4, -0.2) is 44.2 Å². The van der Waals surface area contributed by atoms with E-state index < -0.39 is 0 Å². The highest BCUT2D eigenvalue weighted by Crippen LogP contribution is 2.27. The summed E-state index contributed by atoms with van der Waals surface area (Å²) in [5.41, 5.74) is 5.67. The predicted octanol–water partition coefficient (Wildman–Crippen LogP) is 3.97. The van der Waals surface area contributed by atoms with Gasteiger partial charge < -0.3 is 19.9 Å². The topological polar surface area (TPSA) is 44.8 Å². The van der Waals surface area contributed by atoms with Gasteiger partial charge in [-0.15, -0.1) is 0 Å². The van der Waals surface area contributed by atoms with Crippen molar-refractivity contribution in [3.05, 3.63) is 53.1 Å². The van der Waals surface area contributed by atoms with E-state index in [0.29, 0.717) is 18.8 Å². The van der Waals surface area contributed by atoms with Crippen LogP contribution in [0.15, 0.2) is 36.4 Å². The molecule has 138 valence electrons. The number of aryl methyl sites for hydroxylation is 3. The number of nitrogens with one attached hydrogen (secondary N) is 1. The van der Waals surface area contributed by atoms with Gasteiger partial charge in [0.1, 0.15) is 5.75 Å². The van der Waals surface area contributed by atoms with E-state index in [-0.39, 0.29) is 6.03 Å². The van der Waals surface area contributed by atoms with E-state index in [2.05, 4.69) is 42.3 Å². The minimum Gasteiger partial charge on any atom is -0.495 e. The van der Waals surface area contributed by atoms with E-state index >= 15 is 0 Å². The van der Waals surface area contributed by atoms with Gasteiger partial charge in [0, 0.05) is 31.9 Å². The number of para-hydroxylation sites is 1. The first-order valence-electron chi connectivity index (χ1n) is 9.01. The summed E-state index contributed by atoms with van der Waals surface area (Å²) in [7, 11) is 1.61. The van der Waals surface area contributed by atoms with Crippen molar-refractivity contribution >= 4 is 17.4 Å². The normalized spacial score (nSPS) is 14.3. The van der Waals surface area contributed by atoms with E-state index in [9.17, 15) is 4.79 Å². The Hall–Kier alpha value is -2.69. The van der Waals surface area contributed by atoms with Gasteiger partial charge in [-0.1, -0.05) is 24.3 Å². The van der Waals surface area contributed by atoms with E-state index in [1.54, 1.807) is 7.11 Å². The number of piperazine rings is 1. The monoisotopic (exact) mass is 353 g/mol. The lowest BCUT2D eigenvalue weighted by molar-refractivity contribution is 0.208. The molecule has 0 saturated carbocycles. The second kappa shape index (κ2) is 7.68. The summed E-state index contributed by atoms with van der Waals surface area (Å²) in [5.74, 6) is 0.679. The number of ether oxygens (including phenoxy) is 1. The fourth-order valence-electron chi connectivity index (χ4n) is 3.55. The Labute approximate surface area is 155 Å². The molecule has 0 atom stereocenters. The molecule has 5 nitrogen and oxygen atoms in total. The smallest absolute Gasteiger partial charge is 0.322 e. The zero-order valence-electron chi connectivity index (χ0n) is 16.0. The Morgan fingerprint density at radius 3 is 2.27 bits per heavy atom. The Bertz CT molecular complexity index is 776. The summed E-state index contributed by atoms with van der Waals surface area (Å²) in [6.45, 7) is 9.37. The molecule has 1 aliphatic rings. The Balaban J connectivity index is 1.65. The lowest BCUT2D eigenvalue weighted by atomic mass is 10.1. The SMILES string of the molecule is COc1ccc(C)cc1NC(=O)N1CCN(c2c(C)cccc2C)CC1.